The summed E-state index contributed by atoms with van der Waals surface area (Å²) >= 11 is 0. The van der Waals surface area contributed by atoms with Gasteiger partial charge in [-0.05, 0) is 43.4 Å². The molecule has 0 bridgehead atoms. The van der Waals surface area contributed by atoms with Crippen molar-refractivity contribution in [2.75, 3.05) is 11.4 Å². The second-order valence-corrected chi connectivity index (χ2v) is 6.68. The highest BCUT2D eigenvalue weighted by Crippen LogP contribution is 2.30. The van der Waals surface area contributed by atoms with Gasteiger partial charge in [-0.3, -0.25) is 0 Å². The van der Waals surface area contributed by atoms with Crippen LogP contribution in [0.1, 0.15) is 51.7 Å². The number of hydrogen-bond donors (Lipinski definition) is 1. The lowest BCUT2D eigenvalue weighted by Crippen LogP contribution is -2.41. The Morgan fingerprint density at radius 1 is 1.33 bits per heavy atom. The van der Waals surface area contributed by atoms with Crippen molar-refractivity contribution in [3.05, 3.63) is 29.3 Å². The van der Waals surface area contributed by atoms with Gasteiger partial charge in [0, 0.05) is 25.2 Å². The van der Waals surface area contributed by atoms with E-state index in [1.54, 1.807) is 0 Å². The number of anilines is 1. The third-order valence-electron chi connectivity index (χ3n) is 4.32. The SMILES string of the molecule is CC1CCC(C)N(c2ccc(CNC(C)C)cc2C#N)C1. The van der Waals surface area contributed by atoms with Crippen molar-refractivity contribution in [1.82, 2.24) is 5.32 Å². The lowest BCUT2D eigenvalue weighted by molar-refractivity contribution is 0.390. The van der Waals surface area contributed by atoms with E-state index in [2.05, 4.69) is 56.1 Å². The number of piperidine rings is 1. The fourth-order valence-electron chi connectivity index (χ4n) is 2.98. The van der Waals surface area contributed by atoms with Crippen LogP contribution in [0.4, 0.5) is 5.69 Å². The summed E-state index contributed by atoms with van der Waals surface area (Å²) in [4.78, 5) is 2.41. The van der Waals surface area contributed by atoms with Gasteiger partial charge in [0.25, 0.3) is 0 Å². The maximum atomic E-state index is 9.51. The summed E-state index contributed by atoms with van der Waals surface area (Å²) in [5.41, 5.74) is 3.09. The number of nitrogens with zero attached hydrogens (tertiary/aromatic N) is 2. The highest BCUT2D eigenvalue weighted by Gasteiger charge is 2.24. The molecule has 1 saturated heterocycles. The number of nitriles is 1. The first kappa shape index (κ1) is 15.9. The van der Waals surface area contributed by atoms with E-state index in [9.17, 15) is 5.26 Å². The van der Waals surface area contributed by atoms with Crippen LogP contribution in [0.15, 0.2) is 18.2 Å². The molecule has 3 nitrogen and oxygen atoms in total. The monoisotopic (exact) mass is 285 g/mol. The number of nitrogens with one attached hydrogen (secondary N) is 1. The third-order valence-corrected chi connectivity index (χ3v) is 4.32. The first-order valence-electron chi connectivity index (χ1n) is 8.04. The molecule has 0 spiro atoms. The Kier molecular flexibility index (Phi) is 5.25. The molecule has 0 amide bonds. The number of benzene rings is 1. The fourth-order valence-corrected chi connectivity index (χ4v) is 2.98. The topological polar surface area (TPSA) is 39.1 Å². The lowest BCUT2D eigenvalue weighted by atomic mass is 9.93. The molecule has 3 heteroatoms. The van der Waals surface area contributed by atoms with Gasteiger partial charge in [-0.1, -0.05) is 26.8 Å². The molecule has 2 atom stereocenters. The van der Waals surface area contributed by atoms with Gasteiger partial charge in [0.05, 0.1) is 11.3 Å². The fraction of sp³-hybridized carbons (Fsp3) is 0.611. The van der Waals surface area contributed by atoms with Crippen LogP contribution in [0.25, 0.3) is 0 Å². The first-order valence-corrected chi connectivity index (χ1v) is 8.04. The van der Waals surface area contributed by atoms with Gasteiger partial charge in [-0.2, -0.15) is 5.26 Å². The molecular weight excluding hydrogens is 258 g/mol. The van der Waals surface area contributed by atoms with Gasteiger partial charge in [-0.15, -0.1) is 0 Å². The van der Waals surface area contributed by atoms with Gasteiger partial charge in [0.15, 0.2) is 0 Å². The quantitative estimate of drug-likeness (QED) is 0.917. The summed E-state index contributed by atoms with van der Waals surface area (Å²) in [5.74, 6) is 0.704. The molecule has 1 aliphatic rings. The van der Waals surface area contributed by atoms with Crippen LogP contribution in [0.5, 0.6) is 0 Å². The van der Waals surface area contributed by atoms with Crippen LogP contribution < -0.4 is 10.2 Å². The minimum atomic E-state index is 0.457. The highest BCUT2D eigenvalue weighted by atomic mass is 15.2. The van der Waals surface area contributed by atoms with E-state index >= 15 is 0 Å². The largest absolute Gasteiger partial charge is 0.367 e. The van der Waals surface area contributed by atoms with Crippen molar-refractivity contribution >= 4 is 5.69 Å². The molecular formula is C18H27N3. The molecule has 1 N–H and O–H groups in total. The third kappa shape index (κ3) is 3.98. The summed E-state index contributed by atoms with van der Waals surface area (Å²) in [6.45, 7) is 10.7. The van der Waals surface area contributed by atoms with E-state index in [1.165, 1.54) is 18.4 Å². The average Bonchev–Trinajstić information content (AvgIpc) is 2.47. The van der Waals surface area contributed by atoms with E-state index in [0.717, 1.165) is 24.3 Å². The first-order chi connectivity index (χ1) is 10.0. The molecule has 2 unspecified atom stereocenters. The van der Waals surface area contributed by atoms with E-state index < -0.39 is 0 Å². The number of rotatable bonds is 4. The summed E-state index contributed by atoms with van der Waals surface area (Å²) in [6.07, 6.45) is 2.50. The highest BCUT2D eigenvalue weighted by molar-refractivity contribution is 5.61. The smallest absolute Gasteiger partial charge is 0.101 e. The molecule has 1 fully saturated rings. The van der Waals surface area contributed by atoms with Crippen molar-refractivity contribution in [2.24, 2.45) is 5.92 Å². The molecule has 0 aliphatic carbocycles. The van der Waals surface area contributed by atoms with E-state index in [4.69, 9.17) is 0 Å². The predicted octanol–water partition coefficient (Wildman–Crippen LogP) is 3.68. The van der Waals surface area contributed by atoms with Gasteiger partial charge in [0.1, 0.15) is 6.07 Å². The number of hydrogen-bond acceptors (Lipinski definition) is 3. The second-order valence-electron chi connectivity index (χ2n) is 6.68. The maximum Gasteiger partial charge on any atom is 0.101 e. The Labute approximate surface area is 129 Å². The molecule has 2 rings (SSSR count). The van der Waals surface area contributed by atoms with Gasteiger partial charge in [0.2, 0.25) is 0 Å². The normalized spacial score (nSPS) is 22.4. The summed E-state index contributed by atoms with van der Waals surface area (Å²) in [6, 6.07) is 9.68. The Morgan fingerprint density at radius 2 is 2.10 bits per heavy atom. The van der Waals surface area contributed by atoms with Gasteiger partial charge in [-0.25, -0.2) is 0 Å². The molecule has 1 aromatic rings. The van der Waals surface area contributed by atoms with Crippen molar-refractivity contribution < 1.29 is 0 Å². The van der Waals surface area contributed by atoms with Crippen LogP contribution in [0.2, 0.25) is 0 Å². The lowest BCUT2D eigenvalue weighted by Gasteiger charge is -2.39. The van der Waals surface area contributed by atoms with Crippen LogP contribution >= 0.6 is 0 Å². The van der Waals surface area contributed by atoms with Crippen molar-refractivity contribution in [1.29, 1.82) is 5.26 Å². The Balaban J connectivity index is 2.21. The Morgan fingerprint density at radius 3 is 2.76 bits per heavy atom. The molecule has 114 valence electrons. The van der Waals surface area contributed by atoms with Crippen molar-refractivity contribution in [3.8, 4) is 6.07 Å². The second kappa shape index (κ2) is 6.95. The van der Waals surface area contributed by atoms with Crippen LogP contribution in [0.3, 0.4) is 0 Å². The molecule has 21 heavy (non-hydrogen) atoms. The zero-order valence-electron chi connectivity index (χ0n) is 13.7. The Hall–Kier alpha value is -1.53. The summed E-state index contributed by atoms with van der Waals surface area (Å²) < 4.78 is 0. The molecule has 1 aromatic carbocycles. The predicted molar refractivity (Wildman–Crippen MR) is 88.3 cm³/mol. The molecule has 0 aromatic heterocycles. The van der Waals surface area contributed by atoms with Gasteiger partial charge >= 0.3 is 0 Å². The standard InChI is InChI=1S/C18H27N3/c1-13(2)20-11-16-7-8-18(17(9-16)10-19)21-12-14(3)5-6-15(21)4/h7-9,13-15,20H,5-6,11-12H2,1-4H3. The summed E-state index contributed by atoms with van der Waals surface area (Å²) in [5, 5.41) is 12.9. The zero-order valence-corrected chi connectivity index (χ0v) is 13.7. The molecule has 1 aliphatic heterocycles. The maximum absolute atomic E-state index is 9.51. The van der Waals surface area contributed by atoms with Crippen LogP contribution in [-0.4, -0.2) is 18.6 Å². The average molecular weight is 285 g/mol. The van der Waals surface area contributed by atoms with Crippen molar-refractivity contribution in [3.63, 3.8) is 0 Å². The summed E-state index contributed by atoms with van der Waals surface area (Å²) in [7, 11) is 0. The minimum Gasteiger partial charge on any atom is -0.367 e. The van der Waals surface area contributed by atoms with Crippen molar-refractivity contribution in [2.45, 2.75) is 59.2 Å². The minimum absolute atomic E-state index is 0.457. The van der Waals surface area contributed by atoms with E-state index in [1.807, 2.05) is 6.07 Å². The van der Waals surface area contributed by atoms with Crippen LogP contribution in [0, 0.1) is 17.2 Å². The Bertz CT molecular complexity index is 516. The van der Waals surface area contributed by atoms with Crippen LogP contribution in [-0.2, 0) is 6.54 Å². The zero-order chi connectivity index (χ0) is 15.4. The van der Waals surface area contributed by atoms with E-state index in [0.29, 0.717) is 18.0 Å². The molecule has 0 saturated carbocycles. The van der Waals surface area contributed by atoms with Gasteiger partial charge < -0.3 is 10.2 Å². The molecule has 0 radical (unpaired) electrons. The van der Waals surface area contributed by atoms with E-state index in [-0.39, 0.29) is 0 Å². The molecule has 1 heterocycles.